The molecule has 2 N–H and O–H groups in total. The highest BCUT2D eigenvalue weighted by molar-refractivity contribution is 6.05. The molecular formula is C24H28N4O4. The molecule has 1 amide bonds. The second-order valence-electron chi connectivity index (χ2n) is 7.45. The maximum Gasteiger partial charge on any atom is 0.255 e. The van der Waals surface area contributed by atoms with Crippen LogP contribution >= 0.6 is 0 Å². The fraction of sp³-hybridized carbons (Fsp3) is 0.375. The summed E-state index contributed by atoms with van der Waals surface area (Å²) in [5, 5.41) is 10.3. The Kier molecular flexibility index (Phi) is 6.58. The Balaban J connectivity index is 1.57. The topological polar surface area (TPSA) is 98.4 Å². The highest BCUT2D eigenvalue weighted by Crippen LogP contribution is 2.40. The average Bonchev–Trinajstić information content (AvgIpc) is 3.52. The third-order valence-corrected chi connectivity index (χ3v) is 5.02. The number of nitrogens with one attached hydrogen (secondary N) is 2. The van der Waals surface area contributed by atoms with Gasteiger partial charge in [0.25, 0.3) is 5.91 Å². The summed E-state index contributed by atoms with van der Waals surface area (Å²) in [5.41, 5.74) is 1.90. The van der Waals surface area contributed by atoms with E-state index in [1.807, 2.05) is 45.0 Å². The van der Waals surface area contributed by atoms with Crippen molar-refractivity contribution in [2.24, 2.45) is 0 Å². The average molecular weight is 437 g/mol. The minimum atomic E-state index is -0.277. The van der Waals surface area contributed by atoms with Gasteiger partial charge in [-0.15, -0.1) is 0 Å². The van der Waals surface area contributed by atoms with Crippen molar-refractivity contribution in [1.82, 2.24) is 15.2 Å². The summed E-state index contributed by atoms with van der Waals surface area (Å²) in [6.07, 6.45) is 2.31. The first-order valence-corrected chi connectivity index (χ1v) is 11.0. The smallest absolute Gasteiger partial charge is 0.255 e. The molecule has 0 radical (unpaired) electrons. The predicted molar refractivity (Wildman–Crippen MR) is 122 cm³/mol. The Morgan fingerprint density at radius 1 is 1.03 bits per heavy atom. The van der Waals surface area contributed by atoms with Gasteiger partial charge in [-0.05, 0) is 57.9 Å². The lowest BCUT2D eigenvalue weighted by molar-refractivity contribution is 0.102. The number of hydrogen-bond donors (Lipinski definition) is 2. The molecule has 4 rings (SSSR count). The Morgan fingerprint density at radius 3 is 2.34 bits per heavy atom. The fourth-order valence-electron chi connectivity index (χ4n) is 3.40. The van der Waals surface area contributed by atoms with E-state index < -0.39 is 0 Å². The van der Waals surface area contributed by atoms with Gasteiger partial charge in [-0.2, -0.15) is 5.10 Å². The second kappa shape index (κ2) is 9.72. The van der Waals surface area contributed by atoms with Crippen LogP contribution in [0, 0.1) is 0 Å². The monoisotopic (exact) mass is 436 g/mol. The number of benzene rings is 2. The normalized spacial score (nSPS) is 13.0. The molecule has 0 aliphatic heterocycles. The lowest BCUT2D eigenvalue weighted by Crippen LogP contribution is -2.13. The molecule has 1 aliphatic carbocycles. The third kappa shape index (κ3) is 4.85. The summed E-state index contributed by atoms with van der Waals surface area (Å²) < 4.78 is 17.1. The van der Waals surface area contributed by atoms with E-state index in [4.69, 9.17) is 14.2 Å². The molecule has 0 bridgehead atoms. The van der Waals surface area contributed by atoms with E-state index in [-0.39, 0.29) is 5.91 Å². The number of aromatic amines is 1. The van der Waals surface area contributed by atoms with Crippen molar-refractivity contribution in [2.75, 3.05) is 25.1 Å². The van der Waals surface area contributed by atoms with E-state index in [9.17, 15) is 4.79 Å². The Bertz CT molecular complexity index is 1060. The van der Waals surface area contributed by atoms with E-state index in [0.29, 0.717) is 60.1 Å². The standard InChI is InChI=1S/C24H28N4O4/c1-4-30-19-13-17(14-20(31-5-2)21(19)32-6-3)24(29)25-18-9-7-8-16(12-18)23-26-22(27-28-23)15-10-11-15/h7-9,12-15H,4-6,10-11H2,1-3H3,(H,25,29)(H,26,27,28). The molecule has 8 nitrogen and oxygen atoms in total. The van der Waals surface area contributed by atoms with Crippen LogP contribution in [0.25, 0.3) is 11.4 Å². The highest BCUT2D eigenvalue weighted by Gasteiger charge is 2.27. The van der Waals surface area contributed by atoms with Crippen LogP contribution in [0.2, 0.25) is 0 Å². The van der Waals surface area contributed by atoms with Gasteiger partial charge >= 0.3 is 0 Å². The van der Waals surface area contributed by atoms with Crippen molar-refractivity contribution < 1.29 is 19.0 Å². The zero-order valence-corrected chi connectivity index (χ0v) is 18.6. The van der Waals surface area contributed by atoms with Crippen LogP contribution in [0.15, 0.2) is 36.4 Å². The van der Waals surface area contributed by atoms with Crippen molar-refractivity contribution in [2.45, 2.75) is 39.5 Å². The number of hydrogen-bond acceptors (Lipinski definition) is 6. The summed E-state index contributed by atoms with van der Waals surface area (Å²) in [4.78, 5) is 17.6. The SMILES string of the molecule is CCOc1cc(C(=O)Nc2cccc(-c3n[nH]c(C4CC4)n3)c2)cc(OCC)c1OCC. The molecule has 168 valence electrons. The van der Waals surface area contributed by atoms with Gasteiger partial charge in [0.1, 0.15) is 5.82 Å². The molecule has 0 saturated heterocycles. The zero-order chi connectivity index (χ0) is 22.5. The number of anilines is 1. The number of rotatable bonds is 10. The molecule has 1 heterocycles. The Hall–Kier alpha value is -3.55. The molecule has 1 saturated carbocycles. The van der Waals surface area contributed by atoms with E-state index in [0.717, 1.165) is 24.2 Å². The predicted octanol–water partition coefficient (Wildman–Crippen LogP) is 4.80. The molecule has 2 aromatic carbocycles. The van der Waals surface area contributed by atoms with Gasteiger partial charge in [-0.1, -0.05) is 12.1 Å². The molecule has 0 unspecified atom stereocenters. The molecule has 3 aromatic rings. The van der Waals surface area contributed by atoms with Gasteiger partial charge in [0.05, 0.1) is 19.8 Å². The quantitative estimate of drug-likeness (QED) is 0.474. The Morgan fingerprint density at radius 2 is 1.72 bits per heavy atom. The van der Waals surface area contributed by atoms with Crippen LogP contribution in [0.1, 0.15) is 55.7 Å². The summed E-state index contributed by atoms with van der Waals surface area (Å²) in [7, 11) is 0. The van der Waals surface area contributed by atoms with E-state index in [2.05, 4.69) is 20.5 Å². The number of aromatic nitrogens is 3. The highest BCUT2D eigenvalue weighted by atomic mass is 16.5. The maximum atomic E-state index is 13.0. The molecule has 1 fully saturated rings. The third-order valence-electron chi connectivity index (χ3n) is 5.02. The van der Waals surface area contributed by atoms with Crippen LogP contribution in [-0.2, 0) is 0 Å². The van der Waals surface area contributed by atoms with E-state index >= 15 is 0 Å². The number of ether oxygens (including phenoxy) is 3. The summed E-state index contributed by atoms with van der Waals surface area (Å²) >= 11 is 0. The van der Waals surface area contributed by atoms with Gasteiger partial charge in [-0.3, -0.25) is 9.89 Å². The van der Waals surface area contributed by atoms with Gasteiger partial charge in [-0.25, -0.2) is 4.98 Å². The van der Waals surface area contributed by atoms with Crippen LogP contribution < -0.4 is 19.5 Å². The lowest BCUT2D eigenvalue weighted by atomic mass is 10.1. The number of nitrogens with zero attached hydrogens (tertiary/aromatic N) is 2. The molecule has 32 heavy (non-hydrogen) atoms. The largest absolute Gasteiger partial charge is 0.490 e. The summed E-state index contributed by atoms with van der Waals surface area (Å²) in [6.45, 7) is 7.00. The number of carbonyl (C=O) groups excluding carboxylic acids is 1. The van der Waals surface area contributed by atoms with Gasteiger partial charge in [0.15, 0.2) is 17.3 Å². The van der Waals surface area contributed by atoms with E-state index in [1.165, 1.54) is 0 Å². The molecule has 0 atom stereocenters. The van der Waals surface area contributed by atoms with Crippen LogP contribution in [-0.4, -0.2) is 40.9 Å². The fourth-order valence-corrected chi connectivity index (χ4v) is 3.40. The minimum Gasteiger partial charge on any atom is -0.490 e. The zero-order valence-electron chi connectivity index (χ0n) is 18.6. The summed E-state index contributed by atoms with van der Waals surface area (Å²) in [5.74, 6) is 3.24. The van der Waals surface area contributed by atoms with Crippen LogP contribution in [0.3, 0.4) is 0 Å². The number of amides is 1. The first-order valence-electron chi connectivity index (χ1n) is 11.0. The molecule has 1 aliphatic rings. The maximum absolute atomic E-state index is 13.0. The van der Waals surface area contributed by atoms with Crippen molar-refractivity contribution in [3.63, 3.8) is 0 Å². The van der Waals surface area contributed by atoms with Gasteiger partial charge in [0, 0.05) is 22.7 Å². The summed E-state index contributed by atoms with van der Waals surface area (Å²) in [6, 6.07) is 10.8. The molecule has 0 spiro atoms. The lowest BCUT2D eigenvalue weighted by Gasteiger charge is -2.17. The first kappa shape index (κ1) is 21.7. The van der Waals surface area contributed by atoms with Crippen LogP contribution in [0.4, 0.5) is 5.69 Å². The molecular weight excluding hydrogens is 408 g/mol. The second-order valence-corrected chi connectivity index (χ2v) is 7.45. The van der Waals surface area contributed by atoms with Gasteiger partial charge < -0.3 is 19.5 Å². The number of H-pyrrole nitrogens is 1. The number of carbonyl (C=O) groups is 1. The minimum absolute atomic E-state index is 0.277. The van der Waals surface area contributed by atoms with Crippen molar-refractivity contribution in [3.8, 4) is 28.6 Å². The van der Waals surface area contributed by atoms with Crippen molar-refractivity contribution in [3.05, 3.63) is 47.8 Å². The molecule has 8 heteroatoms. The Labute approximate surface area is 187 Å². The van der Waals surface area contributed by atoms with Crippen LogP contribution in [0.5, 0.6) is 17.2 Å². The molecule has 1 aromatic heterocycles. The van der Waals surface area contributed by atoms with E-state index in [1.54, 1.807) is 12.1 Å². The van der Waals surface area contributed by atoms with Crippen molar-refractivity contribution in [1.29, 1.82) is 0 Å². The van der Waals surface area contributed by atoms with Crippen molar-refractivity contribution >= 4 is 11.6 Å². The first-order chi connectivity index (χ1) is 15.6. The van der Waals surface area contributed by atoms with Gasteiger partial charge in [0.2, 0.25) is 5.75 Å².